The molecule has 0 spiro atoms. The molecule has 3 rings (SSSR count). The number of hydrogen-bond acceptors (Lipinski definition) is 4. The van der Waals surface area contributed by atoms with Crippen molar-refractivity contribution in [3.63, 3.8) is 0 Å². The molecule has 0 radical (unpaired) electrons. The van der Waals surface area contributed by atoms with E-state index in [0.29, 0.717) is 18.7 Å². The number of aromatic nitrogens is 2. The first-order valence-corrected chi connectivity index (χ1v) is 7.50. The van der Waals surface area contributed by atoms with Crippen LogP contribution in [0.5, 0.6) is 0 Å². The second kappa shape index (κ2) is 6.75. The monoisotopic (exact) mass is 354 g/mol. The topological polar surface area (TPSA) is 66.9 Å². The number of carbonyl (C=O) groups excluding carboxylic acids is 1. The first-order valence-electron chi connectivity index (χ1n) is 7.50. The number of benzene rings is 1. The van der Waals surface area contributed by atoms with E-state index < -0.39 is 24.1 Å². The van der Waals surface area contributed by atoms with Crippen LogP contribution in [-0.2, 0) is 12.6 Å². The van der Waals surface area contributed by atoms with E-state index in [4.69, 9.17) is 0 Å². The van der Waals surface area contributed by atoms with Gasteiger partial charge < -0.3 is 10.6 Å². The van der Waals surface area contributed by atoms with Gasteiger partial charge in [-0.2, -0.15) is 13.2 Å². The largest absolute Gasteiger partial charge is 0.451 e. The Bertz CT molecular complexity index is 746. The Morgan fingerprint density at radius 1 is 1.20 bits per heavy atom. The van der Waals surface area contributed by atoms with Crippen LogP contribution in [0, 0.1) is 0 Å². The van der Waals surface area contributed by atoms with Crippen LogP contribution in [0.2, 0.25) is 0 Å². The molecule has 9 heteroatoms. The third-order valence-electron chi connectivity index (χ3n) is 3.85. The predicted molar refractivity (Wildman–Crippen MR) is 81.8 cm³/mol. The molecule has 132 valence electrons. The lowest BCUT2D eigenvalue weighted by Crippen LogP contribution is -2.55. The maximum atomic E-state index is 13.2. The van der Waals surface area contributed by atoms with Crippen molar-refractivity contribution >= 4 is 11.6 Å². The molecule has 0 aliphatic carbocycles. The van der Waals surface area contributed by atoms with Crippen LogP contribution >= 0.6 is 0 Å². The molecule has 1 fully saturated rings. The van der Waals surface area contributed by atoms with Gasteiger partial charge in [0.25, 0.3) is 5.91 Å². The van der Waals surface area contributed by atoms with E-state index in [1.54, 1.807) is 24.3 Å². The Balaban J connectivity index is 1.60. The highest BCUT2D eigenvalue weighted by Crippen LogP contribution is 2.25. The Labute approximate surface area is 140 Å². The zero-order chi connectivity index (χ0) is 18.0. The van der Waals surface area contributed by atoms with Crippen molar-refractivity contribution in [2.24, 2.45) is 0 Å². The summed E-state index contributed by atoms with van der Waals surface area (Å²) in [6.45, 7) is 0.369. The molecule has 1 aromatic carbocycles. The molecule has 2 heterocycles. The summed E-state index contributed by atoms with van der Waals surface area (Å²) in [6.07, 6.45) is -3.31. The van der Waals surface area contributed by atoms with Crippen LogP contribution in [0.3, 0.4) is 0 Å². The third-order valence-corrected chi connectivity index (χ3v) is 3.85. The van der Waals surface area contributed by atoms with Crippen molar-refractivity contribution in [2.75, 3.05) is 11.9 Å². The molecular weight excluding hydrogens is 340 g/mol. The Morgan fingerprint density at radius 3 is 2.32 bits per heavy atom. The zero-order valence-electron chi connectivity index (χ0n) is 12.8. The quantitative estimate of drug-likeness (QED) is 0.829. The molecule has 1 aliphatic heterocycles. The van der Waals surface area contributed by atoms with Gasteiger partial charge in [0.15, 0.2) is 0 Å². The van der Waals surface area contributed by atoms with Gasteiger partial charge in [-0.1, -0.05) is 12.1 Å². The van der Waals surface area contributed by atoms with Gasteiger partial charge in [-0.15, -0.1) is 0 Å². The highest BCUT2D eigenvalue weighted by atomic mass is 19.4. The number of halogens is 4. The van der Waals surface area contributed by atoms with E-state index in [2.05, 4.69) is 20.6 Å². The van der Waals surface area contributed by atoms with Crippen LogP contribution in [0.15, 0.2) is 36.7 Å². The minimum absolute atomic E-state index is 0.0870. The van der Waals surface area contributed by atoms with Crippen molar-refractivity contribution < 1.29 is 22.4 Å². The standard InChI is InChI=1S/C16H14F4N4O/c17-12-8-21-13(12)5-9-1-3-11(4-2-9)24-14(25)10-6-22-15(23-7-10)16(18,19)20/h1-4,6-7,12-13,21H,5,8H2,(H,24,25)/t12-,13-/m0/s1. The summed E-state index contributed by atoms with van der Waals surface area (Å²) in [5.74, 6) is -1.92. The number of hydrogen-bond donors (Lipinski definition) is 2. The molecule has 1 aromatic heterocycles. The van der Waals surface area contributed by atoms with E-state index >= 15 is 0 Å². The number of anilines is 1. The Morgan fingerprint density at radius 2 is 1.84 bits per heavy atom. The average Bonchev–Trinajstić information content (AvgIpc) is 2.59. The SMILES string of the molecule is O=C(Nc1ccc(C[C@@H]2NC[C@@H]2F)cc1)c1cnc(C(F)(F)F)nc1. The molecular formula is C16H14F4N4O. The minimum atomic E-state index is -4.65. The summed E-state index contributed by atoms with van der Waals surface area (Å²) in [7, 11) is 0. The lowest BCUT2D eigenvalue weighted by Gasteiger charge is -2.32. The molecule has 1 saturated heterocycles. The third kappa shape index (κ3) is 4.11. The predicted octanol–water partition coefficient (Wildman–Crippen LogP) is 2.60. The number of alkyl halides is 4. The van der Waals surface area contributed by atoms with E-state index in [9.17, 15) is 22.4 Å². The van der Waals surface area contributed by atoms with Crippen LogP contribution < -0.4 is 10.6 Å². The van der Waals surface area contributed by atoms with Crippen molar-refractivity contribution in [2.45, 2.75) is 24.8 Å². The number of amides is 1. The molecule has 5 nitrogen and oxygen atoms in total. The van der Waals surface area contributed by atoms with Crippen LogP contribution in [0.1, 0.15) is 21.7 Å². The van der Waals surface area contributed by atoms with Crippen LogP contribution in [0.25, 0.3) is 0 Å². The fourth-order valence-corrected chi connectivity index (χ4v) is 2.35. The van der Waals surface area contributed by atoms with Gasteiger partial charge in [-0.25, -0.2) is 14.4 Å². The first-order chi connectivity index (χ1) is 11.8. The van der Waals surface area contributed by atoms with Gasteiger partial charge in [0.2, 0.25) is 5.82 Å². The summed E-state index contributed by atoms with van der Waals surface area (Å²) in [5, 5.41) is 5.53. The summed E-state index contributed by atoms with van der Waals surface area (Å²) in [6, 6.07) is 6.61. The summed E-state index contributed by atoms with van der Waals surface area (Å²) >= 11 is 0. The fraction of sp³-hybridized carbons (Fsp3) is 0.312. The smallest absolute Gasteiger partial charge is 0.322 e. The highest BCUT2D eigenvalue weighted by Gasteiger charge is 2.34. The van der Waals surface area contributed by atoms with Gasteiger partial charge >= 0.3 is 6.18 Å². The summed E-state index contributed by atoms with van der Waals surface area (Å²) < 4.78 is 50.4. The number of rotatable bonds is 4. The molecule has 1 amide bonds. The van der Waals surface area contributed by atoms with Gasteiger partial charge in [-0.3, -0.25) is 4.79 Å². The molecule has 0 unspecified atom stereocenters. The van der Waals surface area contributed by atoms with E-state index in [-0.39, 0.29) is 11.6 Å². The molecule has 2 aromatic rings. The van der Waals surface area contributed by atoms with E-state index in [0.717, 1.165) is 18.0 Å². The second-order valence-corrected chi connectivity index (χ2v) is 5.68. The van der Waals surface area contributed by atoms with Gasteiger partial charge in [0.05, 0.1) is 5.56 Å². The van der Waals surface area contributed by atoms with Gasteiger partial charge in [-0.05, 0) is 24.1 Å². The normalized spacial score (nSPS) is 20.0. The van der Waals surface area contributed by atoms with E-state index in [1.807, 2.05) is 0 Å². The maximum absolute atomic E-state index is 13.2. The molecule has 2 atom stereocenters. The summed E-state index contributed by atoms with van der Waals surface area (Å²) in [4.78, 5) is 18.3. The highest BCUT2D eigenvalue weighted by molar-refractivity contribution is 6.03. The van der Waals surface area contributed by atoms with E-state index in [1.165, 1.54) is 0 Å². The molecule has 2 N–H and O–H groups in total. The van der Waals surface area contributed by atoms with Crippen molar-refractivity contribution in [3.8, 4) is 0 Å². The van der Waals surface area contributed by atoms with Crippen LogP contribution in [-0.4, -0.2) is 34.6 Å². The Kier molecular flexibility index (Phi) is 4.67. The minimum Gasteiger partial charge on any atom is -0.322 e. The molecule has 1 aliphatic rings. The van der Waals surface area contributed by atoms with Crippen LogP contribution in [0.4, 0.5) is 23.2 Å². The number of nitrogens with zero attached hydrogens (tertiary/aromatic N) is 2. The number of nitrogens with one attached hydrogen (secondary N) is 2. The van der Waals surface area contributed by atoms with Gasteiger partial charge in [0.1, 0.15) is 6.17 Å². The number of carbonyl (C=O) groups is 1. The molecule has 0 bridgehead atoms. The fourth-order valence-electron chi connectivity index (χ4n) is 2.35. The van der Waals surface area contributed by atoms with Crippen molar-refractivity contribution in [1.82, 2.24) is 15.3 Å². The van der Waals surface area contributed by atoms with Crippen molar-refractivity contribution in [1.29, 1.82) is 0 Å². The molecule has 0 saturated carbocycles. The zero-order valence-corrected chi connectivity index (χ0v) is 12.8. The lowest BCUT2D eigenvalue weighted by atomic mass is 9.96. The average molecular weight is 354 g/mol. The Hall–Kier alpha value is -2.55. The maximum Gasteiger partial charge on any atom is 0.451 e. The summed E-state index contributed by atoms with van der Waals surface area (Å²) in [5.41, 5.74) is 1.29. The second-order valence-electron chi connectivity index (χ2n) is 5.68. The van der Waals surface area contributed by atoms with Gasteiger partial charge in [0, 0.05) is 30.7 Å². The lowest BCUT2D eigenvalue weighted by molar-refractivity contribution is -0.145. The first kappa shape index (κ1) is 17.3. The van der Waals surface area contributed by atoms with Crippen molar-refractivity contribution in [3.05, 3.63) is 53.6 Å². The molecule has 25 heavy (non-hydrogen) atoms.